The number of allylic oxidation sites excluding steroid dienone is 1. The highest BCUT2D eigenvalue weighted by atomic mass is 16.3. The molecule has 3 heteroatoms. The summed E-state index contributed by atoms with van der Waals surface area (Å²) >= 11 is 0. The predicted octanol–water partition coefficient (Wildman–Crippen LogP) is 0.834. The molecule has 0 aromatic rings. The Labute approximate surface area is 71.5 Å². The van der Waals surface area contributed by atoms with Crippen LogP contribution >= 0.6 is 0 Å². The fraction of sp³-hybridized carbons (Fsp3) is 0.556. The zero-order valence-corrected chi connectivity index (χ0v) is 6.64. The van der Waals surface area contributed by atoms with Gasteiger partial charge in [-0.1, -0.05) is 12.2 Å². The maximum atomic E-state index is 8.79. The number of aliphatic hydroxyl groups is 1. The second-order valence-corrected chi connectivity index (χ2v) is 2.96. The van der Waals surface area contributed by atoms with E-state index in [1.807, 2.05) is 24.3 Å². The highest BCUT2D eigenvalue weighted by Crippen LogP contribution is 2.28. The lowest BCUT2D eigenvalue weighted by molar-refractivity contribution is 0.242. The molecule has 2 atom stereocenters. The molecule has 0 aromatic heterocycles. The molecule has 3 nitrogen and oxygen atoms in total. The van der Waals surface area contributed by atoms with E-state index in [0.29, 0.717) is 0 Å². The van der Waals surface area contributed by atoms with E-state index in [1.54, 1.807) is 0 Å². The lowest BCUT2D eigenvalue weighted by Gasteiger charge is -2.08. The quantitative estimate of drug-likeness (QED) is 0.611. The average molecular weight is 162 g/mol. The summed E-state index contributed by atoms with van der Waals surface area (Å²) in [5.74, 6) is -0.408. The molecule has 0 saturated heterocycles. The molecule has 0 bridgehead atoms. The molecule has 12 heavy (non-hydrogen) atoms. The van der Waals surface area contributed by atoms with E-state index in [1.165, 1.54) is 0 Å². The Balaban J connectivity index is 2.55. The fourth-order valence-corrected chi connectivity index (χ4v) is 1.41. The Bertz CT molecular complexity index is 245. The van der Waals surface area contributed by atoms with Crippen LogP contribution in [0.5, 0.6) is 0 Å². The maximum Gasteiger partial charge on any atom is 0.139 e. The van der Waals surface area contributed by atoms with Crippen molar-refractivity contribution in [2.45, 2.75) is 6.42 Å². The van der Waals surface area contributed by atoms with Crippen LogP contribution in [-0.2, 0) is 0 Å². The Morgan fingerprint density at radius 2 is 2.08 bits per heavy atom. The smallest absolute Gasteiger partial charge is 0.139 e. The molecular formula is C9H10N2O. The number of nitrogens with zero attached hydrogens (tertiary/aromatic N) is 2. The van der Waals surface area contributed by atoms with Crippen LogP contribution in [0.2, 0.25) is 0 Å². The minimum atomic E-state index is -0.558. The van der Waals surface area contributed by atoms with Crippen molar-refractivity contribution < 1.29 is 5.11 Å². The summed E-state index contributed by atoms with van der Waals surface area (Å²) in [6.07, 6.45) is 4.46. The van der Waals surface area contributed by atoms with Gasteiger partial charge in [-0.2, -0.15) is 10.5 Å². The fourth-order valence-electron chi connectivity index (χ4n) is 1.41. The van der Waals surface area contributed by atoms with E-state index in [9.17, 15) is 0 Å². The van der Waals surface area contributed by atoms with Crippen molar-refractivity contribution in [2.75, 3.05) is 6.61 Å². The monoisotopic (exact) mass is 162 g/mol. The van der Waals surface area contributed by atoms with Crippen LogP contribution in [0, 0.1) is 40.4 Å². The van der Waals surface area contributed by atoms with Crippen molar-refractivity contribution in [1.29, 1.82) is 10.5 Å². The van der Waals surface area contributed by atoms with Gasteiger partial charge in [0.05, 0.1) is 12.1 Å². The molecule has 0 aromatic carbocycles. The molecule has 0 unspecified atom stereocenters. The van der Waals surface area contributed by atoms with Crippen molar-refractivity contribution >= 4 is 0 Å². The van der Waals surface area contributed by atoms with Gasteiger partial charge in [0.15, 0.2) is 0 Å². The second kappa shape index (κ2) is 3.90. The topological polar surface area (TPSA) is 67.8 Å². The maximum absolute atomic E-state index is 8.79. The zero-order chi connectivity index (χ0) is 8.97. The third kappa shape index (κ3) is 1.64. The van der Waals surface area contributed by atoms with Gasteiger partial charge in [-0.25, -0.2) is 0 Å². The summed E-state index contributed by atoms with van der Waals surface area (Å²) in [4.78, 5) is 0. The van der Waals surface area contributed by atoms with E-state index in [4.69, 9.17) is 15.6 Å². The second-order valence-electron chi connectivity index (χ2n) is 2.96. The van der Waals surface area contributed by atoms with Gasteiger partial charge in [-0.15, -0.1) is 0 Å². The molecule has 1 N–H and O–H groups in total. The first-order valence-corrected chi connectivity index (χ1v) is 3.90. The molecule has 1 aliphatic carbocycles. The van der Waals surface area contributed by atoms with Gasteiger partial charge in [0.1, 0.15) is 5.92 Å². The Morgan fingerprint density at radius 1 is 1.42 bits per heavy atom. The Morgan fingerprint density at radius 3 is 2.50 bits per heavy atom. The van der Waals surface area contributed by atoms with Crippen molar-refractivity contribution in [3.63, 3.8) is 0 Å². The van der Waals surface area contributed by atoms with E-state index in [2.05, 4.69) is 0 Å². The van der Waals surface area contributed by atoms with Gasteiger partial charge in [0, 0.05) is 18.4 Å². The minimum absolute atomic E-state index is 0.0112. The zero-order valence-electron chi connectivity index (χ0n) is 6.64. The molecule has 0 aliphatic heterocycles. The molecule has 0 heterocycles. The highest BCUT2D eigenvalue weighted by molar-refractivity contribution is 5.13. The van der Waals surface area contributed by atoms with Gasteiger partial charge >= 0.3 is 0 Å². The normalized spacial score (nSPS) is 27.0. The summed E-state index contributed by atoms with van der Waals surface area (Å²) < 4.78 is 0. The van der Waals surface area contributed by atoms with Crippen molar-refractivity contribution in [3.05, 3.63) is 12.2 Å². The molecule has 0 amide bonds. The van der Waals surface area contributed by atoms with Gasteiger partial charge < -0.3 is 5.11 Å². The third-order valence-electron chi connectivity index (χ3n) is 2.15. The number of hydrogen-bond acceptors (Lipinski definition) is 3. The summed E-state index contributed by atoms with van der Waals surface area (Å²) in [6.45, 7) is 0.108. The first-order valence-electron chi connectivity index (χ1n) is 3.90. The number of nitriles is 2. The Kier molecular flexibility index (Phi) is 2.85. The minimum Gasteiger partial charge on any atom is -0.396 e. The summed E-state index contributed by atoms with van der Waals surface area (Å²) in [6, 6.07) is 3.89. The molecule has 0 saturated carbocycles. The standard InChI is InChI=1S/C9H10N2O/c10-4-9(5-11)8-2-1-7(3-8)6-12/h1-2,7-9,12H,3,6H2/t7-,8+/m0/s1. The summed E-state index contributed by atoms with van der Waals surface area (Å²) in [7, 11) is 0. The third-order valence-corrected chi connectivity index (χ3v) is 2.15. The number of aliphatic hydroxyl groups excluding tert-OH is 1. The van der Waals surface area contributed by atoms with Gasteiger partial charge in [0.2, 0.25) is 0 Å². The van der Waals surface area contributed by atoms with Crippen LogP contribution in [0.4, 0.5) is 0 Å². The molecule has 62 valence electrons. The lowest BCUT2D eigenvalue weighted by Crippen LogP contribution is -2.09. The Hall–Kier alpha value is -1.32. The van der Waals surface area contributed by atoms with Crippen LogP contribution in [0.1, 0.15) is 6.42 Å². The SMILES string of the molecule is N#CC(C#N)[C@@H]1C=C[C@H](CO)C1. The molecule has 1 rings (SSSR count). The summed E-state index contributed by atoms with van der Waals surface area (Å²) in [5.41, 5.74) is 0. The van der Waals surface area contributed by atoms with Crippen LogP contribution in [0.25, 0.3) is 0 Å². The largest absolute Gasteiger partial charge is 0.396 e. The number of rotatable bonds is 2. The van der Waals surface area contributed by atoms with Crippen molar-refractivity contribution in [2.24, 2.45) is 17.8 Å². The molecular weight excluding hydrogens is 152 g/mol. The average Bonchev–Trinajstić information content (AvgIpc) is 2.55. The van der Waals surface area contributed by atoms with Crippen LogP contribution in [0.15, 0.2) is 12.2 Å². The van der Waals surface area contributed by atoms with Crippen molar-refractivity contribution in [1.82, 2.24) is 0 Å². The van der Waals surface area contributed by atoms with Gasteiger partial charge in [-0.05, 0) is 6.42 Å². The summed E-state index contributed by atoms with van der Waals surface area (Å²) in [5, 5.41) is 25.9. The van der Waals surface area contributed by atoms with Crippen LogP contribution in [0.3, 0.4) is 0 Å². The molecule has 0 fully saturated rings. The lowest BCUT2D eigenvalue weighted by atomic mass is 9.92. The van der Waals surface area contributed by atoms with Crippen LogP contribution in [-0.4, -0.2) is 11.7 Å². The van der Waals surface area contributed by atoms with E-state index >= 15 is 0 Å². The van der Waals surface area contributed by atoms with Gasteiger partial charge in [-0.3, -0.25) is 0 Å². The van der Waals surface area contributed by atoms with E-state index in [0.717, 1.165) is 6.42 Å². The van der Waals surface area contributed by atoms with E-state index in [-0.39, 0.29) is 18.4 Å². The molecule has 1 aliphatic rings. The van der Waals surface area contributed by atoms with E-state index < -0.39 is 5.92 Å². The van der Waals surface area contributed by atoms with Crippen molar-refractivity contribution in [3.8, 4) is 12.1 Å². The first kappa shape index (κ1) is 8.77. The predicted molar refractivity (Wildman–Crippen MR) is 42.5 cm³/mol. The number of hydrogen-bond donors (Lipinski definition) is 1. The molecule has 0 radical (unpaired) electrons. The first-order chi connectivity index (χ1) is 5.81. The highest BCUT2D eigenvalue weighted by Gasteiger charge is 2.25. The van der Waals surface area contributed by atoms with Gasteiger partial charge in [0.25, 0.3) is 0 Å². The van der Waals surface area contributed by atoms with Crippen LogP contribution < -0.4 is 0 Å². The molecule has 0 spiro atoms.